The molecule has 0 radical (unpaired) electrons. The van der Waals surface area contributed by atoms with Crippen molar-refractivity contribution >= 4 is 22.5 Å². The lowest BCUT2D eigenvalue weighted by atomic mass is 9.93. The fourth-order valence-electron chi connectivity index (χ4n) is 3.50. The van der Waals surface area contributed by atoms with Crippen molar-refractivity contribution in [2.45, 2.75) is 32.1 Å². The molecule has 1 saturated carbocycles. The number of aromatic amines is 1. The van der Waals surface area contributed by atoms with E-state index in [0.29, 0.717) is 11.8 Å². The lowest BCUT2D eigenvalue weighted by molar-refractivity contribution is 0.453. The van der Waals surface area contributed by atoms with Gasteiger partial charge in [-0.1, -0.05) is 13.3 Å². The van der Waals surface area contributed by atoms with E-state index in [1.54, 1.807) is 6.20 Å². The average Bonchev–Trinajstić information content (AvgIpc) is 3.22. The van der Waals surface area contributed by atoms with Gasteiger partial charge in [0.2, 0.25) is 0 Å². The molecule has 1 fully saturated rings. The number of fused-ring (bicyclic) bond motifs is 3. The number of hydrogen-bond donors (Lipinski definition) is 1. The summed E-state index contributed by atoms with van der Waals surface area (Å²) in [6.07, 6.45) is 6.89. The number of nitrogens with one attached hydrogen (secondary N) is 1. The van der Waals surface area contributed by atoms with Crippen LogP contribution in [0.15, 0.2) is 23.5 Å². The monoisotopic (exact) mass is 282 g/mol. The van der Waals surface area contributed by atoms with E-state index in [1.165, 1.54) is 5.71 Å². The van der Waals surface area contributed by atoms with Gasteiger partial charge in [-0.3, -0.25) is 9.39 Å². The maximum atomic E-state index is 4.48. The van der Waals surface area contributed by atoms with Crippen LogP contribution in [0.1, 0.15) is 37.9 Å². The van der Waals surface area contributed by atoms with Crippen molar-refractivity contribution in [3.8, 4) is 0 Å². The zero-order valence-corrected chi connectivity index (χ0v) is 12.2. The molecule has 4 rings (SSSR count). The van der Waals surface area contributed by atoms with Gasteiger partial charge >= 0.3 is 0 Å². The van der Waals surface area contributed by atoms with E-state index in [4.69, 9.17) is 0 Å². The lowest BCUT2D eigenvalue weighted by Gasteiger charge is -2.15. The molecule has 0 amide bonds. The van der Waals surface area contributed by atoms with Crippen molar-refractivity contribution in [3.63, 3.8) is 0 Å². The Balaban J connectivity index is 1.92. The van der Waals surface area contributed by atoms with Gasteiger partial charge in [-0.2, -0.15) is 0 Å². The van der Waals surface area contributed by atoms with E-state index in [2.05, 4.69) is 36.5 Å². The van der Waals surface area contributed by atoms with Crippen LogP contribution in [0.25, 0.3) is 16.8 Å². The number of aliphatic imine (C=N–C) groups is 1. The van der Waals surface area contributed by atoms with Crippen LogP contribution in [0.5, 0.6) is 0 Å². The van der Waals surface area contributed by atoms with E-state index in [0.717, 1.165) is 41.9 Å². The van der Waals surface area contributed by atoms with Crippen molar-refractivity contribution in [2.75, 3.05) is 7.05 Å². The third kappa shape index (κ3) is 1.78. The summed E-state index contributed by atoms with van der Waals surface area (Å²) in [5, 5.41) is 8.79. The van der Waals surface area contributed by atoms with Gasteiger partial charge in [-0.15, -0.1) is 10.2 Å². The summed E-state index contributed by atoms with van der Waals surface area (Å²) in [7, 11) is 1.89. The molecule has 3 heterocycles. The minimum absolute atomic E-state index is 0.393. The van der Waals surface area contributed by atoms with E-state index < -0.39 is 0 Å². The SMILES string of the molecule is CC[C@@H]1C/C(=N/C)C[C@@H]1c1nnc2cnc3[nH]ccc3n12. The van der Waals surface area contributed by atoms with E-state index in [-0.39, 0.29) is 0 Å². The molecule has 0 aromatic carbocycles. The second kappa shape index (κ2) is 4.65. The Labute approximate surface area is 122 Å². The molecule has 1 aliphatic rings. The van der Waals surface area contributed by atoms with Crippen molar-refractivity contribution in [3.05, 3.63) is 24.3 Å². The summed E-state index contributed by atoms with van der Waals surface area (Å²) >= 11 is 0. The van der Waals surface area contributed by atoms with E-state index in [9.17, 15) is 0 Å². The molecular formula is C15H18N6. The maximum absolute atomic E-state index is 4.48. The Morgan fingerprint density at radius 1 is 1.38 bits per heavy atom. The van der Waals surface area contributed by atoms with E-state index in [1.807, 2.05) is 19.3 Å². The van der Waals surface area contributed by atoms with Crippen LogP contribution in [0.3, 0.4) is 0 Å². The second-order valence-corrected chi connectivity index (χ2v) is 5.69. The predicted molar refractivity (Wildman–Crippen MR) is 81.8 cm³/mol. The molecule has 3 aromatic rings. The summed E-state index contributed by atoms with van der Waals surface area (Å²) in [5.74, 6) is 2.03. The Kier molecular flexibility index (Phi) is 2.77. The Morgan fingerprint density at radius 2 is 2.29 bits per heavy atom. The van der Waals surface area contributed by atoms with Gasteiger partial charge < -0.3 is 4.98 Å². The van der Waals surface area contributed by atoms with Gasteiger partial charge in [0, 0.05) is 24.9 Å². The standard InChI is InChI=1S/C15H18N6/c1-3-9-6-10(16-2)7-11(9)15-20-19-13-8-18-14-12(21(13)15)4-5-17-14/h4-5,8-9,11,17H,3,6-7H2,1-2H3/b16-10-/t9-,11+/m1/s1. The van der Waals surface area contributed by atoms with Gasteiger partial charge in [0.1, 0.15) is 5.82 Å². The molecule has 0 bridgehead atoms. The summed E-state index contributed by atoms with van der Waals surface area (Å²) in [5.41, 5.74) is 4.03. The summed E-state index contributed by atoms with van der Waals surface area (Å²) in [4.78, 5) is 11.9. The molecular weight excluding hydrogens is 264 g/mol. The van der Waals surface area contributed by atoms with Gasteiger partial charge in [0.25, 0.3) is 0 Å². The summed E-state index contributed by atoms with van der Waals surface area (Å²) in [6, 6.07) is 2.03. The van der Waals surface area contributed by atoms with Crippen LogP contribution in [-0.2, 0) is 0 Å². The summed E-state index contributed by atoms with van der Waals surface area (Å²) in [6.45, 7) is 2.24. The number of H-pyrrole nitrogens is 1. The second-order valence-electron chi connectivity index (χ2n) is 5.69. The molecule has 2 atom stereocenters. The maximum Gasteiger partial charge on any atom is 0.179 e. The van der Waals surface area contributed by atoms with Crippen LogP contribution in [0, 0.1) is 5.92 Å². The third-order valence-corrected chi connectivity index (χ3v) is 4.66. The molecule has 0 spiro atoms. The molecule has 108 valence electrons. The Morgan fingerprint density at radius 3 is 3.10 bits per heavy atom. The van der Waals surface area contributed by atoms with Crippen molar-refractivity contribution in [1.82, 2.24) is 24.6 Å². The smallest absolute Gasteiger partial charge is 0.179 e. The number of hydrogen-bond acceptors (Lipinski definition) is 4. The largest absolute Gasteiger partial charge is 0.345 e. The van der Waals surface area contributed by atoms with Crippen LogP contribution in [-0.4, -0.2) is 37.3 Å². The van der Waals surface area contributed by atoms with Gasteiger partial charge in [-0.25, -0.2) is 4.98 Å². The highest BCUT2D eigenvalue weighted by Gasteiger charge is 2.34. The first-order valence-electron chi connectivity index (χ1n) is 7.43. The van der Waals surface area contributed by atoms with Crippen LogP contribution >= 0.6 is 0 Å². The topological polar surface area (TPSA) is 71.2 Å². The van der Waals surface area contributed by atoms with Crippen molar-refractivity contribution in [1.29, 1.82) is 0 Å². The molecule has 1 N–H and O–H groups in total. The van der Waals surface area contributed by atoms with Crippen LogP contribution in [0.4, 0.5) is 0 Å². The van der Waals surface area contributed by atoms with Gasteiger partial charge in [-0.05, 0) is 24.8 Å². The average molecular weight is 282 g/mol. The Bertz CT molecular complexity index is 827. The van der Waals surface area contributed by atoms with Crippen molar-refractivity contribution in [2.24, 2.45) is 10.9 Å². The van der Waals surface area contributed by atoms with Gasteiger partial charge in [0.15, 0.2) is 11.3 Å². The number of nitrogens with zero attached hydrogens (tertiary/aromatic N) is 5. The van der Waals surface area contributed by atoms with E-state index >= 15 is 0 Å². The Hall–Kier alpha value is -2.24. The molecule has 6 heteroatoms. The van der Waals surface area contributed by atoms with Crippen LogP contribution in [0.2, 0.25) is 0 Å². The zero-order chi connectivity index (χ0) is 14.4. The highest BCUT2D eigenvalue weighted by atomic mass is 15.3. The fourth-order valence-corrected chi connectivity index (χ4v) is 3.50. The molecule has 0 unspecified atom stereocenters. The lowest BCUT2D eigenvalue weighted by Crippen LogP contribution is -2.09. The number of rotatable bonds is 2. The normalized spacial score (nSPS) is 24.6. The highest BCUT2D eigenvalue weighted by molar-refractivity contribution is 5.87. The molecule has 21 heavy (non-hydrogen) atoms. The van der Waals surface area contributed by atoms with Crippen molar-refractivity contribution < 1.29 is 0 Å². The quantitative estimate of drug-likeness (QED) is 0.785. The molecule has 3 aromatic heterocycles. The van der Waals surface area contributed by atoms with Crippen LogP contribution < -0.4 is 0 Å². The minimum Gasteiger partial charge on any atom is -0.345 e. The first-order chi connectivity index (χ1) is 10.3. The zero-order valence-electron chi connectivity index (χ0n) is 12.2. The minimum atomic E-state index is 0.393. The number of aromatic nitrogens is 5. The first kappa shape index (κ1) is 12.5. The first-order valence-corrected chi connectivity index (χ1v) is 7.43. The fraction of sp³-hybridized carbons (Fsp3) is 0.467. The highest BCUT2D eigenvalue weighted by Crippen LogP contribution is 2.39. The molecule has 0 aliphatic heterocycles. The molecule has 1 aliphatic carbocycles. The summed E-state index contributed by atoms with van der Waals surface area (Å²) < 4.78 is 2.14. The molecule has 6 nitrogen and oxygen atoms in total. The third-order valence-electron chi connectivity index (χ3n) is 4.66. The van der Waals surface area contributed by atoms with Gasteiger partial charge in [0.05, 0.1) is 11.7 Å². The molecule has 0 saturated heterocycles. The predicted octanol–water partition coefficient (Wildman–Crippen LogP) is 2.58.